The molecule has 12 heteroatoms. The molecule has 11 nitrogen and oxygen atoms in total. The number of esters is 2. The molecule has 50 heavy (non-hydrogen) atoms. The molecule has 0 aromatic heterocycles. The van der Waals surface area contributed by atoms with Gasteiger partial charge in [0, 0.05) is 12.8 Å². The fourth-order valence-corrected chi connectivity index (χ4v) is 5.36. The van der Waals surface area contributed by atoms with E-state index in [9.17, 15) is 23.8 Å². The van der Waals surface area contributed by atoms with Gasteiger partial charge < -0.3 is 25.2 Å². The lowest BCUT2D eigenvalue weighted by atomic mass is 10.1. The standard InChI is InChI=1S/C38H66NO10P/c1-3-5-7-9-11-13-14-15-16-17-18-19-20-22-23-25-27-29-36(40)46-31-34(32-47-50(44,45)48-33-35(39)38(42)43)49-37(41)30-28-26-24-21-12-10-8-6-4-2/h7,9,13-14,16-17,19-20,34-35H,3-6,8,10-12,15,18,21-33,39H2,1-2H3,(H,42,43)(H,44,45)/b9-7+,14-13+,17-16+,20-19+/t34-,35+/m0/s1. The third-order valence-electron chi connectivity index (χ3n) is 7.56. The molecule has 0 spiro atoms. The van der Waals surface area contributed by atoms with Gasteiger partial charge in [0.1, 0.15) is 12.6 Å². The topological polar surface area (TPSA) is 172 Å². The predicted molar refractivity (Wildman–Crippen MR) is 198 cm³/mol. The normalized spacial score (nSPS) is 14.5. The van der Waals surface area contributed by atoms with Gasteiger partial charge in [0.05, 0.1) is 13.2 Å². The van der Waals surface area contributed by atoms with Crippen molar-refractivity contribution in [2.24, 2.45) is 5.73 Å². The maximum Gasteiger partial charge on any atom is 0.472 e. The fraction of sp³-hybridized carbons (Fsp3) is 0.711. The number of phosphoric acid groups is 1. The third-order valence-corrected chi connectivity index (χ3v) is 8.51. The van der Waals surface area contributed by atoms with E-state index in [0.717, 1.165) is 64.2 Å². The van der Waals surface area contributed by atoms with Crippen molar-refractivity contribution >= 4 is 25.7 Å². The number of carboxylic acids is 1. The minimum absolute atomic E-state index is 0.153. The Balaban J connectivity index is 4.47. The molecule has 0 aromatic rings. The molecule has 0 rings (SSSR count). The van der Waals surface area contributed by atoms with E-state index in [1.807, 2.05) is 0 Å². The van der Waals surface area contributed by atoms with Crippen LogP contribution in [-0.2, 0) is 37.5 Å². The van der Waals surface area contributed by atoms with Gasteiger partial charge in [-0.05, 0) is 51.4 Å². The lowest BCUT2D eigenvalue weighted by Gasteiger charge is -2.20. The summed E-state index contributed by atoms with van der Waals surface area (Å²) in [7, 11) is -4.71. The summed E-state index contributed by atoms with van der Waals surface area (Å²) in [6.07, 6.45) is 34.8. The molecule has 0 aliphatic carbocycles. The van der Waals surface area contributed by atoms with Gasteiger partial charge in [0.25, 0.3) is 0 Å². The molecule has 0 amide bonds. The van der Waals surface area contributed by atoms with Crippen LogP contribution >= 0.6 is 7.82 Å². The Morgan fingerprint density at radius 1 is 0.620 bits per heavy atom. The molecule has 0 heterocycles. The number of unbranched alkanes of at least 4 members (excludes halogenated alkanes) is 12. The SMILES string of the molecule is CCC/C=C/C/C=C/C/C=C/C/C=C/CCCCCC(=O)OC[C@@H](COP(=O)(O)OC[C@@H](N)C(=O)O)OC(=O)CCCCCCCCCCC. The van der Waals surface area contributed by atoms with Crippen molar-refractivity contribution < 1.29 is 47.5 Å². The highest BCUT2D eigenvalue weighted by Crippen LogP contribution is 2.43. The molecule has 0 aliphatic heterocycles. The number of ether oxygens (including phenoxy) is 2. The van der Waals surface area contributed by atoms with Crippen molar-refractivity contribution in [2.45, 2.75) is 154 Å². The van der Waals surface area contributed by atoms with E-state index in [-0.39, 0.29) is 19.4 Å². The van der Waals surface area contributed by atoms with Gasteiger partial charge in [-0.2, -0.15) is 0 Å². The molecule has 4 N–H and O–H groups in total. The zero-order chi connectivity index (χ0) is 37.1. The first-order valence-electron chi connectivity index (χ1n) is 18.7. The quantitative estimate of drug-likeness (QED) is 0.0250. The summed E-state index contributed by atoms with van der Waals surface area (Å²) in [5.74, 6) is -2.43. The average molecular weight is 728 g/mol. The van der Waals surface area contributed by atoms with Gasteiger partial charge in [0.15, 0.2) is 6.10 Å². The smallest absolute Gasteiger partial charge is 0.472 e. The van der Waals surface area contributed by atoms with Gasteiger partial charge in [-0.3, -0.25) is 23.4 Å². The van der Waals surface area contributed by atoms with E-state index in [1.165, 1.54) is 38.5 Å². The van der Waals surface area contributed by atoms with Crippen LogP contribution in [0.5, 0.6) is 0 Å². The van der Waals surface area contributed by atoms with Crippen LogP contribution in [0.15, 0.2) is 48.6 Å². The Bertz CT molecular complexity index is 1040. The molecule has 288 valence electrons. The van der Waals surface area contributed by atoms with Crippen LogP contribution in [0.4, 0.5) is 0 Å². The molecule has 0 radical (unpaired) electrons. The van der Waals surface area contributed by atoms with Crippen molar-refractivity contribution in [2.75, 3.05) is 19.8 Å². The van der Waals surface area contributed by atoms with E-state index in [1.54, 1.807) is 0 Å². The maximum atomic E-state index is 12.5. The molecule has 0 bridgehead atoms. The highest BCUT2D eigenvalue weighted by Gasteiger charge is 2.28. The highest BCUT2D eigenvalue weighted by atomic mass is 31.2. The molecule has 0 aliphatic rings. The Kier molecular flexibility index (Phi) is 31.9. The number of carboxylic acid groups (broad SMARTS) is 1. The number of aliphatic carboxylic acids is 1. The summed E-state index contributed by atoms with van der Waals surface area (Å²) in [4.78, 5) is 45.6. The first-order valence-corrected chi connectivity index (χ1v) is 20.2. The summed E-state index contributed by atoms with van der Waals surface area (Å²) in [5, 5.41) is 8.84. The van der Waals surface area contributed by atoms with Gasteiger partial charge in [-0.15, -0.1) is 0 Å². The molecule has 0 aromatic carbocycles. The predicted octanol–water partition coefficient (Wildman–Crippen LogP) is 9.05. The van der Waals surface area contributed by atoms with E-state index in [2.05, 4.69) is 67.0 Å². The molecule has 0 saturated heterocycles. The van der Waals surface area contributed by atoms with E-state index in [4.69, 9.17) is 24.8 Å². The average Bonchev–Trinajstić information content (AvgIpc) is 3.09. The number of carbonyl (C=O) groups excluding carboxylic acids is 2. The van der Waals surface area contributed by atoms with Crippen molar-refractivity contribution in [3.8, 4) is 0 Å². The number of hydrogen-bond acceptors (Lipinski definition) is 9. The molecule has 0 fully saturated rings. The van der Waals surface area contributed by atoms with E-state index < -0.39 is 51.1 Å². The Morgan fingerprint density at radius 3 is 1.66 bits per heavy atom. The maximum absolute atomic E-state index is 12.5. The summed E-state index contributed by atoms with van der Waals surface area (Å²) in [6, 6.07) is -1.52. The van der Waals surface area contributed by atoms with Crippen LogP contribution in [0.2, 0.25) is 0 Å². The van der Waals surface area contributed by atoms with Gasteiger partial charge in [-0.25, -0.2) is 4.57 Å². The third kappa shape index (κ3) is 32.6. The molecule has 0 saturated carbocycles. The van der Waals surface area contributed by atoms with Gasteiger partial charge in [0.2, 0.25) is 0 Å². The fourth-order valence-electron chi connectivity index (χ4n) is 4.58. The summed E-state index contributed by atoms with van der Waals surface area (Å²) >= 11 is 0. The number of hydrogen-bond donors (Lipinski definition) is 3. The molecule has 1 unspecified atom stereocenters. The Hall–Kier alpha value is -2.56. The highest BCUT2D eigenvalue weighted by molar-refractivity contribution is 7.47. The number of carbonyl (C=O) groups is 3. The van der Waals surface area contributed by atoms with Crippen LogP contribution < -0.4 is 5.73 Å². The number of allylic oxidation sites excluding steroid dienone is 8. The van der Waals surface area contributed by atoms with Crippen LogP contribution in [0, 0.1) is 0 Å². The van der Waals surface area contributed by atoms with E-state index >= 15 is 0 Å². The first-order chi connectivity index (χ1) is 24.1. The number of rotatable bonds is 34. The van der Waals surface area contributed by atoms with Crippen molar-refractivity contribution in [3.05, 3.63) is 48.6 Å². The molecular formula is C38H66NO10P. The van der Waals surface area contributed by atoms with Crippen LogP contribution in [0.25, 0.3) is 0 Å². The van der Waals surface area contributed by atoms with Crippen LogP contribution in [0.1, 0.15) is 142 Å². The number of phosphoric ester groups is 1. The van der Waals surface area contributed by atoms with Crippen LogP contribution in [0.3, 0.4) is 0 Å². The second-order valence-corrected chi connectivity index (χ2v) is 13.8. The Labute approximate surface area is 301 Å². The molecular weight excluding hydrogens is 661 g/mol. The second-order valence-electron chi connectivity index (χ2n) is 12.4. The lowest BCUT2D eigenvalue weighted by molar-refractivity contribution is -0.161. The number of nitrogens with two attached hydrogens (primary N) is 1. The lowest BCUT2D eigenvalue weighted by Crippen LogP contribution is -2.34. The summed E-state index contributed by atoms with van der Waals surface area (Å²) < 4.78 is 32.4. The van der Waals surface area contributed by atoms with Crippen molar-refractivity contribution in [3.63, 3.8) is 0 Å². The van der Waals surface area contributed by atoms with Crippen LogP contribution in [-0.4, -0.2) is 59.9 Å². The second kappa shape index (κ2) is 33.6. The largest absolute Gasteiger partial charge is 0.480 e. The zero-order valence-corrected chi connectivity index (χ0v) is 31.6. The minimum atomic E-state index is -4.71. The summed E-state index contributed by atoms with van der Waals surface area (Å²) in [6.45, 7) is 2.64. The van der Waals surface area contributed by atoms with Crippen molar-refractivity contribution in [1.29, 1.82) is 0 Å². The van der Waals surface area contributed by atoms with Gasteiger partial charge >= 0.3 is 25.7 Å². The Morgan fingerprint density at radius 2 is 1.10 bits per heavy atom. The summed E-state index contributed by atoms with van der Waals surface area (Å²) in [5.41, 5.74) is 5.30. The van der Waals surface area contributed by atoms with Crippen molar-refractivity contribution in [1.82, 2.24) is 0 Å². The minimum Gasteiger partial charge on any atom is -0.480 e. The monoisotopic (exact) mass is 727 g/mol. The first kappa shape index (κ1) is 47.4. The van der Waals surface area contributed by atoms with E-state index in [0.29, 0.717) is 12.8 Å². The zero-order valence-electron chi connectivity index (χ0n) is 30.7. The molecule has 3 atom stereocenters. The van der Waals surface area contributed by atoms with Gasteiger partial charge in [-0.1, -0.05) is 127 Å².